The molecule has 1 saturated heterocycles. The predicted molar refractivity (Wildman–Crippen MR) is 125 cm³/mol. The van der Waals surface area contributed by atoms with Crippen molar-refractivity contribution < 1.29 is 14.3 Å². The van der Waals surface area contributed by atoms with Gasteiger partial charge in [0.2, 0.25) is 5.91 Å². The number of likely N-dealkylation sites (tertiary alicyclic amines) is 1. The van der Waals surface area contributed by atoms with E-state index in [0.29, 0.717) is 47.4 Å². The Morgan fingerprint density at radius 1 is 1.19 bits per heavy atom. The van der Waals surface area contributed by atoms with Crippen LogP contribution in [0.4, 0.5) is 0 Å². The van der Waals surface area contributed by atoms with Gasteiger partial charge in [-0.25, -0.2) is 4.98 Å². The normalized spacial score (nSPS) is 15.6. The van der Waals surface area contributed by atoms with Crippen molar-refractivity contribution in [1.29, 1.82) is 0 Å². The second-order valence-corrected chi connectivity index (χ2v) is 9.22. The molecule has 1 fully saturated rings. The fraction of sp³-hybridized carbons (Fsp3) is 0.292. The number of benzene rings is 2. The molecule has 2 heterocycles. The van der Waals surface area contributed by atoms with Crippen molar-refractivity contribution in [3.63, 3.8) is 0 Å². The fourth-order valence-electron chi connectivity index (χ4n) is 3.62. The minimum Gasteiger partial charge on any atom is -0.486 e. The molecule has 32 heavy (non-hydrogen) atoms. The lowest BCUT2D eigenvalue weighted by atomic mass is 10.1. The molecule has 0 bridgehead atoms. The van der Waals surface area contributed by atoms with E-state index in [4.69, 9.17) is 16.3 Å². The first-order valence-electron chi connectivity index (χ1n) is 10.4. The molecule has 4 rings (SSSR count). The predicted octanol–water partition coefficient (Wildman–Crippen LogP) is 4.46. The van der Waals surface area contributed by atoms with Gasteiger partial charge in [-0.05, 0) is 43.2 Å². The molecule has 0 saturated carbocycles. The molecule has 1 N–H and O–H groups in total. The molecule has 0 aliphatic carbocycles. The van der Waals surface area contributed by atoms with E-state index in [-0.39, 0.29) is 24.3 Å². The molecule has 1 aromatic heterocycles. The number of ether oxygens (including phenoxy) is 1. The summed E-state index contributed by atoms with van der Waals surface area (Å²) < 4.78 is 5.74. The summed E-state index contributed by atoms with van der Waals surface area (Å²) in [5.74, 6) is 0.418. The molecule has 166 valence electrons. The fourth-order valence-corrected chi connectivity index (χ4v) is 4.69. The first-order valence-corrected chi connectivity index (χ1v) is 11.6. The molecule has 2 aromatic carbocycles. The number of hydrogen-bond donors (Lipinski definition) is 1. The van der Waals surface area contributed by atoms with Crippen molar-refractivity contribution in [2.75, 3.05) is 13.1 Å². The van der Waals surface area contributed by atoms with Crippen molar-refractivity contribution in [1.82, 2.24) is 15.2 Å². The van der Waals surface area contributed by atoms with Crippen LogP contribution in [0.1, 0.15) is 32.4 Å². The van der Waals surface area contributed by atoms with Crippen LogP contribution in [0.3, 0.4) is 0 Å². The first kappa shape index (κ1) is 22.3. The molecule has 1 aliphatic heterocycles. The molecule has 1 atom stereocenters. The van der Waals surface area contributed by atoms with Gasteiger partial charge in [0.15, 0.2) is 0 Å². The lowest BCUT2D eigenvalue weighted by molar-refractivity contribution is -0.124. The van der Waals surface area contributed by atoms with E-state index < -0.39 is 0 Å². The SMILES string of the molecule is Cc1nc(COc2ccc(Cl)cc2)sc1C(=O)N1CCC(C(=O)NCc2ccccc2)C1. The maximum Gasteiger partial charge on any atom is 0.265 e. The molecule has 3 aromatic rings. The maximum absolute atomic E-state index is 13.0. The van der Waals surface area contributed by atoms with E-state index in [1.165, 1.54) is 11.3 Å². The average molecular weight is 470 g/mol. The van der Waals surface area contributed by atoms with E-state index in [2.05, 4.69) is 10.3 Å². The number of halogens is 1. The molecule has 2 amide bonds. The van der Waals surface area contributed by atoms with E-state index in [9.17, 15) is 9.59 Å². The van der Waals surface area contributed by atoms with Gasteiger partial charge in [-0.3, -0.25) is 9.59 Å². The minimum absolute atomic E-state index is 0.0118. The zero-order valence-corrected chi connectivity index (χ0v) is 19.3. The van der Waals surface area contributed by atoms with Gasteiger partial charge in [-0.1, -0.05) is 41.9 Å². The van der Waals surface area contributed by atoms with Crippen LogP contribution in [0, 0.1) is 12.8 Å². The smallest absolute Gasteiger partial charge is 0.265 e. The number of carbonyl (C=O) groups is 2. The molecule has 0 spiro atoms. The zero-order chi connectivity index (χ0) is 22.5. The summed E-state index contributed by atoms with van der Waals surface area (Å²) in [6.07, 6.45) is 0.663. The van der Waals surface area contributed by atoms with Crippen LogP contribution < -0.4 is 10.1 Å². The summed E-state index contributed by atoms with van der Waals surface area (Å²) in [7, 11) is 0. The number of hydrogen-bond acceptors (Lipinski definition) is 5. The highest BCUT2D eigenvalue weighted by Gasteiger charge is 2.32. The second-order valence-electron chi connectivity index (χ2n) is 7.70. The highest BCUT2D eigenvalue weighted by Crippen LogP contribution is 2.25. The van der Waals surface area contributed by atoms with Crippen LogP contribution in [-0.4, -0.2) is 34.8 Å². The van der Waals surface area contributed by atoms with Gasteiger partial charge in [0.1, 0.15) is 22.2 Å². The number of thiazole rings is 1. The lowest BCUT2D eigenvalue weighted by Gasteiger charge is -2.16. The lowest BCUT2D eigenvalue weighted by Crippen LogP contribution is -2.34. The van der Waals surface area contributed by atoms with Crippen LogP contribution in [0.15, 0.2) is 54.6 Å². The van der Waals surface area contributed by atoms with Gasteiger partial charge >= 0.3 is 0 Å². The third-order valence-electron chi connectivity index (χ3n) is 5.37. The molecule has 8 heteroatoms. The Balaban J connectivity index is 1.31. The van der Waals surface area contributed by atoms with Crippen molar-refractivity contribution in [2.45, 2.75) is 26.5 Å². The molecular formula is C24H24ClN3O3S. The summed E-state index contributed by atoms with van der Waals surface area (Å²) >= 11 is 7.23. The van der Waals surface area contributed by atoms with Gasteiger partial charge < -0.3 is 15.0 Å². The van der Waals surface area contributed by atoms with Crippen molar-refractivity contribution in [3.05, 3.63) is 80.8 Å². The van der Waals surface area contributed by atoms with E-state index in [1.54, 1.807) is 29.2 Å². The Morgan fingerprint density at radius 3 is 2.69 bits per heavy atom. The van der Waals surface area contributed by atoms with Crippen LogP contribution in [0.2, 0.25) is 5.02 Å². The Hall–Kier alpha value is -2.90. The standard InChI is InChI=1S/C24H24ClN3O3S/c1-16-22(32-21(27-16)15-31-20-9-7-19(25)8-10-20)24(30)28-12-11-18(14-28)23(29)26-13-17-5-3-2-4-6-17/h2-10,18H,11-15H2,1H3,(H,26,29). The van der Waals surface area contributed by atoms with Gasteiger partial charge in [0, 0.05) is 24.7 Å². The zero-order valence-electron chi connectivity index (χ0n) is 17.7. The summed E-state index contributed by atoms with van der Waals surface area (Å²) in [6.45, 7) is 3.60. The summed E-state index contributed by atoms with van der Waals surface area (Å²) in [4.78, 5) is 32.4. The van der Waals surface area contributed by atoms with E-state index in [0.717, 1.165) is 10.6 Å². The maximum atomic E-state index is 13.0. The third-order valence-corrected chi connectivity index (χ3v) is 6.74. The monoisotopic (exact) mass is 469 g/mol. The van der Waals surface area contributed by atoms with Gasteiger partial charge in [0.25, 0.3) is 5.91 Å². The number of nitrogens with one attached hydrogen (secondary N) is 1. The van der Waals surface area contributed by atoms with Crippen LogP contribution >= 0.6 is 22.9 Å². The molecule has 1 aliphatic rings. The largest absolute Gasteiger partial charge is 0.486 e. The number of aromatic nitrogens is 1. The second kappa shape index (κ2) is 10.1. The van der Waals surface area contributed by atoms with Crippen molar-refractivity contribution in [3.8, 4) is 5.75 Å². The highest BCUT2D eigenvalue weighted by molar-refractivity contribution is 7.13. The molecular weight excluding hydrogens is 446 g/mol. The minimum atomic E-state index is -0.191. The van der Waals surface area contributed by atoms with Crippen LogP contribution in [-0.2, 0) is 17.9 Å². The number of aryl methyl sites for hydroxylation is 1. The van der Waals surface area contributed by atoms with Gasteiger partial charge in [-0.2, -0.15) is 0 Å². The Kier molecular flexibility index (Phi) is 7.07. The Labute approximate surface area is 196 Å². The van der Waals surface area contributed by atoms with E-state index in [1.807, 2.05) is 37.3 Å². The summed E-state index contributed by atoms with van der Waals surface area (Å²) in [6, 6.07) is 16.9. The quantitative estimate of drug-likeness (QED) is 0.554. The number of amides is 2. The first-order chi connectivity index (χ1) is 15.5. The molecule has 6 nitrogen and oxygen atoms in total. The third kappa shape index (κ3) is 5.47. The van der Waals surface area contributed by atoms with Crippen molar-refractivity contribution >= 4 is 34.8 Å². The van der Waals surface area contributed by atoms with Crippen LogP contribution in [0.25, 0.3) is 0 Å². The number of rotatable bonds is 7. The Bertz CT molecular complexity index is 1090. The summed E-state index contributed by atoms with van der Waals surface area (Å²) in [5, 5.41) is 4.36. The molecule has 0 radical (unpaired) electrons. The Morgan fingerprint density at radius 2 is 1.94 bits per heavy atom. The van der Waals surface area contributed by atoms with Crippen molar-refractivity contribution in [2.24, 2.45) is 5.92 Å². The summed E-state index contributed by atoms with van der Waals surface area (Å²) in [5.41, 5.74) is 1.74. The topological polar surface area (TPSA) is 71.5 Å². The van der Waals surface area contributed by atoms with Crippen LogP contribution in [0.5, 0.6) is 5.75 Å². The highest BCUT2D eigenvalue weighted by atomic mass is 35.5. The van der Waals surface area contributed by atoms with Gasteiger partial charge in [-0.15, -0.1) is 11.3 Å². The molecule has 1 unspecified atom stereocenters. The van der Waals surface area contributed by atoms with Gasteiger partial charge in [0.05, 0.1) is 11.6 Å². The average Bonchev–Trinajstić information content (AvgIpc) is 3.44. The number of nitrogens with zero attached hydrogens (tertiary/aromatic N) is 2. The van der Waals surface area contributed by atoms with E-state index >= 15 is 0 Å². The number of carbonyl (C=O) groups excluding carboxylic acids is 2.